The van der Waals surface area contributed by atoms with Crippen LogP contribution in [0.1, 0.15) is 342 Å². The van der Waals surface area contributed by atoms with Gasteiger partial charge in [-0.05, 0) is 109 Å². The molecule has 0 saturated carbocycles. The van der Waals surface area contributed by atoms with Gasteiger partial charge in [-0.25, -0.2) is 0 Å². The quantitative estimate of drug-likeness (QED) is 0.0261. The summed E-state index contributed by atoms with van der Waals surface area (Å²) >= 11 is 0. The molecule has 0 spiro atoms. The highest BCUT2D eigenvalue weighted by Gasteiger charge is 2.19. The molecule has 0 heterocycles. The van der Waals surface area contributed by atoms with Gasteiger partial charge in [0.1, 0.15) is 13.2 Å². The van der Waals surface area contributed by atoms with E-state index in [0.717, 1.165) is 89.9 Å². The van der Waals surface area contributed by atoms with Crippen LogP contribution in [0.25, 0.3) is 0 Å². The molecule has 6 heteroatoms. The van der Waals surface area contributed by atoms with Crippen molar-refractivity contribution in [2.45, 2.75) is 348 Å². The number of esters is 3. The van der Waals surface area contributed by atoms with E-state index in [1.54, 1.807) is 0 Å². The van der Waals surface area contributed by atoms with Crippen molar-refractivity contribution in [1.29, 1.82) is 0 Å². The zero-order chi connectivity index (χ0) is 54.3. The fraction of sp³-hybridized carbons (Fsp3) is 0.812. The molecular formula is C69H124O6. The number of carbonyl (C=O) groups is 3. The SMILES string of the molecule is CCCCCC/C=C\CCCCCCCC(=O)OCC(COC(=O)CCCCCCCCCCCCC/C=C\CCCCCCCCCC)OC(=O)CCCCCCCC/C=C\C/C=C\C/C=C\CCCCCCC. The molecule has 1 unspecified atom stereocenters. The van der Waals surface area contributed by atoms with Crippen LogP contribution in [-0.2, 0) is 28.6 Å². The number of ether oxygens (including phenoxy) is 3. The Morgan fingerprint density at radius 3 is 0.773 bits per heavy atom. The summed E-state index contributed by atoms with van der Waals surface area (Å²) < 4.78 is 16.9. The van der Waals surface area contributed by atoms with Crippen molar-refractivity contribution in [1.82, 2.24) is 0 Å². The molecule has 0 amide bonds. The van der Waals surface area contributed by atoms with E-state index >= 15 is 0 Å². The number of hydrogen-bond acceptors (Lipinski definition) is 6. The van der Waals surface area contributed by atoms with Gasteiger partial charge in [0.15, 0.2) is 6.10 Å². The molecule has 75 heavy (non-hydrogen) atoms. The van der Waals surface area contributed by atoms with E-state index in [1.807, 2.05) is 0 Å². The Morgan fingerprint density at radius 1 is 0.267 bits per heavy atom. The van der Waals surface area contributed by atoms with Crippen molar-refractivity contribution in [3.8, 4) is 0 Å². The maximum absolute atomic E-state index is 12.9. The van der Waals surface area contributed by atoms with E-state index in [0.29, 0.717) is 19.3 Å². The second kappa shape index (κ2) is 63.6. The average Bonchev–Trinajstić information content (AvgIpc) is 3.41. The Morgan fingerprint density at radius 2 is 0.480 bits per heavy atom. The Labute approximate surface area is 466 Å². The molecule has 436 valence electrons. The van der Waals surface area contributed by atoms with E-state index in [-0.39, 0.29) is 31.1 Å². The predicted octanol–water partition coefficient (Wildman–Crippen LogP) is 22.3. The predicted molar refractivity (Wildman–Crippen MR) is 325 cm³/mol. The van der Waals surface area contributed by atoms with Crippen LogP contribution in [0, 0.1) is 0 Å². The summed E-state index contributed by atoms with van der Waals surface area (Å²) in [7, 11) is 0. The fourth-order valence-corrected chi connectivity index (χ4v) is 9.50. The highest BCUT2D eigenvalue weighted by molar-refractivity contribution is 5.71. The first kappa shape index (κ1) is 72.1. The summed E-state index contributed by atoms with van der Waals surface area (Å²) in [6, 6.07) is 0. The van der Waals surface area contributed by atoms with Crippen LogP contribution >= 0.6 is 0 Å². The fourth-order valence-electron chi connectivity index (χ4n) is 9.50. The van der Waals surface area contributed by atoms with Crippen LogP contribution < -0.4 is 0 Å². The molecule has 0 saturated heterocycles. The van der Waals surface area contributed by atoms with Crippen LogP contribution in [-0.4, -0.2) is 37.2 Å². The van der Waals surface area contributed by atoms with Gasteiger partial charge in [-0.3, -0.25) is 14.4 Å². The van der Waals surface area contributed by atoms with Gasteiger partial charge in [-0.2, -0.15) is 0 Å². The highest BCUT2D eigenvalue weighted by Crippen LogP contribution is 2.16. The van der Waals surface area contributed by atoms with E-state index in [2.05, 4.69) is 81.5 Å². The molecule has 0 aliphatic carbocycles. The minimum absolute atomic E-state index is 0.0809. The van der Waals surface area contributed by atoms with E-state index in [9.17, 15) is 14.4 Å². The molecule has 0 fully saturated rings. The lowest BCUT2D eigenvalue weighted by molar-refractivity contribution is -0.167. The van der Waals surface area contributed by atoms with Crippen molar-refractivity contribution in [2.75, 3.05) is 13.2 Å². The van der Waals surface area contributed by atoms with Crippen molar-refractivity contribution >= 4 is 17.9 Å². The molecule has 0 radical (unpaired) electrons. The third-order valence-electron chi connectivity index (χ3n) is 14.5. The smallest absolute Gasteiger partial charge is 0.306 e. The van der Waals surface area contributed by atoms with Crippen molar-refractivity contribution in [2.24, 2.45) is 0 Å². The Hall–Kier alpha value is -2.89. The van der Waals surface area contributed by atoms with Gasteiger partial charge in [0.2, 0.25) is 0 Å². The first-order valence-electron chi connectivity index (χ1n) is 32.8. The average molecular weight is 1050 g/mol. The number of carbonyl (C=O) groups excluding carboxylic acids is 3. The summed E-state index contributed by atoms with van der Waals surface area (Å²) in [4.78, 5) is 38.3. The van der Waals surface area contributed by atoms with Crippen LogP contribution in [0.3, 0.4) is 0 Å². The van der Waals surface area contributed by atoms with Gasteiger partial charge in [-0.1, -0.05) is 274 Å². The molecule has 0 aromatic carbocycles. The maximum atomic E-state index is 12.9. The van der Waals surface area contributed by atoms with Gasteiger partial charge >= 0.3 is 17.9 Å². The number of rotatable bonds is 60. The maximum Gasteiger partial charge on any atom is 0.306 e. The number of unbranched alkanes of at least 4 members (excludes halogenated alkanes) is 39. The number of allylic oxidation sites excluding steroid dienone is 10. The molecule has 6 nitrogen and oxygen atoms in total. The molecule has 0 N–H and O–H groups in total. The summed E-state index contributed by atoms with van der Waals surface area (Å²) in [6.07, 6.45) is 80.8. The van der Waals surface area contributed by atoms with Gasteiger partial charge in [-0.15, -0.1) is 0 Å². The van der Waals surface area contributed by atoms with E-state index in [1.165, 1.54) is 212 Å². The van der Waals surface area contributed by atoms with Crippen molar-refractivity contribution < 1.29 is 28.6 Å². The lowest BCUT2D eigenvalue weighted by atomic mass is 10.0. The molecule has 1 atom stereocenters. The topological polar surface area (TPSA) is 78.9 Å². The van der Waals surface area contributed by atoms with Crippen LogP contribution in [0.15, 0.2) is 60.8 Å². The van der Waals surface area contributed by atoms with E-state index in [4.69, 9.17) is 14.2 Å². The first-order valence-corrected chi connectivity index (χ1v) is 32.8. The monoisotopic (exact) mass is 1050 g/mol. The second-order valence-electron chi connectivity index (χ2n) is 22.0. The zero-order valence-electron chi connectivity index (χ0n) is 50.1. The van der Waals surface area contributed by atoms with Crippen molar-refractivity contribution in [3.63, 3.8) is 0 Å². The summed E-state index contributed by atoms with van der Waals surface area (Å²) in [5.74, 6) is -0.887. The molecule has 0 bridgehead atoms. The lowest BCUT2D eigenvalue weighted by Gasteiger charge is -2.18. The third kappa shape index (κ3) is 61.8. The number of hydrogen-bond donors (Lipinski definition) is 0. The van der Waals surface area contributed by atoms with Crippen LogP contribution in [0.4, 0.5) is 0 Å². The zero-order valence-corrected chi connectivity index (χ0v) is 50.1. The molecule has 0 aliphatic rings. The minimum Gasteiger partial charge on any atom is -0.462 e. The van der Waals surface area contributed by atoms with Crippen molar-refractivity contribution in [3.05, 3.63) is 60.8 Å². The Kier molecular flexibility index (Phi) is 61.2. The largest absolute Gasteiger partial charge is 0.462 e. The van der Waals surface area contributed by atoms with Crippen LogP contribution in [0.2, 0.25) is 0 Å². The van der Waals surface area contributed by atoms with Gasteiger partial charge < -0.3 is 14.2 Å². The summed E-state index contributed by atoms with van der Waals surface area (Å²) in [5, 5.41) is 0. The Bertz CT molecular complexity index is 1340. The van der Waals surface area contributed by atoms with Crippen LogP contribution in [0.5, 0.6) is 0 Å². The summed E-state index contributed by atoms with van der Waals surface area (Å²) in [6.45, 7) is 6.64. The van der Waals surface area contributed by atoms with Gasteiger partial charge in [0, 0.05) is 19.3 Å². The lowest BCUT2D eigenvalue weighted by Crippen LogP contribution is -2.30. The molecular weight excluding hydrogens is 925 g/mol. The molecule has 0 rings (SSSR count). The molecule has 0 aliphatic heterocycles. The molecule has 0 aromatic heterocycles. The van der Waals surface area contributed by atoms with Gasteiger partial charge in [0.25, 0.3) is 0 Å². The second-order valence-corrected chi connectivity index (χ2v) is 22.0. The van der Waals surface area contributed by atoms with E-state index < -0.39 is 6.10 Å². The third-order valence-corrected chi connectivity index (χ3v) is 14.5. The first-order chi connectivity index (χ1) is 37.0. The highest BCUT2D eigenvalue weighted by atomic mass is 16.6. The molecule has 0 aromatic rings. The Balaban J connectivity index is 4.33. The standard InChI is InChI=1S/C69H124O6/c1-4-7-10-13-16-19-22-25-27-29-31-33-34-36-37-39-41-44-47-50-53-56-59-62-68(71)74-65-66(64-73-67(70)61-58-55-52-49-46-43-24-21-18-15-12-9-6-3)75-69(72)63-60-57-54-51-48-45-42-40-38-35-32-30-28-26-23-20-17-14-11-8-5-2/h21,23-24,26,29-32,38,40,66H,4-20,22,25,27-28,33-37,39,41-65H2,1-3H3/b24-21-,26-23-,31-29-,32-30-,40-38-. The summed E-state index contributed by atoms with van der Waals surface area (Å²) in [5.41, 5.74) is 0. The van der Waals surface area contributed by atoms with Gasteiger partial charge in [0.05, 0.1) is 0 Å². The normalized spacial score (nSPS) is 12.4. The minimum atomic E-state index is -0.786.